The lowest BCUT2D eigenvalue weighted by Gasteiger charge is -2.14. The van der Waals surface area contributed by atoms with E-state index in [1.165, 1.54) is 0 Å². The number of aliphatic hydroxyl groups is 1. The standard InChI is InChI=1S/C18H21ClN2O3/c1-12-14(18(23)20-8-9-22)4-3-5-16(12)21-11-13-6-7-17(24-2)15(19)10-13/h3-7,10,21-22H,8-9,11H2,1-2H3,(H,20,23). The Balaban J connectivity index is 2.10. The van der Waals surface area contributed by atoms with E-state index in [4.69, 9.17) is 21.4 Å². The fourth-order valence-corrected chi connectivity index (χ4v) is 2.64. The van der Waals surface area contributed by atoms with Crippen molar-refractivity contribution in [3.8, 4) is 5.75 Å². The number of rotatable bonds is 7. The molecule has 0 saturated carbocycles. The number of ether oxygens (including phenoxy) is 1. The molecule has 0 bridgehead atoms. The zero-order valence-electron chi connectivity index (χ0n) is 13.7. The molecule has 5 nitrogen and oxygen atoms in total. The molecule has 1 amide bonds. The Morgan fingerprint density at radius 3 is 2.75 bits per heavy atom. The zero-order valence-corrected chi connectivity index (χ0v) is 14.5. The smallest absolute Gasteiger partial charge is 0.251 e. The van der Waals surface area contributed by atoms with Gasteiger partial charge in [-0.2, -0.15) is 0 Å². The summed E-state index contributed by atoms with van der Waals surface area (Å²) in [6, 6.07) is 11.1. The van der Waals surface area contributed by atoms with E-state index in [2.05, 4.69) is 10.6 Å². The molecule has 0 unspecified atom stereocenters. The molecule has 0 heterocycles. The minimum atomic E-state index is -0.197. The number of benzene rings is 2. The van der Waals surface area contributed by atoms with Crippen LogP contribution in [0.3, 0.4) is 0 Å². The molecule has 0 atom stereocenters. The summed E-state index contributed by atoms with van der Waals surface area (Å²) >= 11 is 6.13. The quantitative estimate of drug-likeness (QED) is 0.719. The van der Waals surface area contributed by atoms with Gasteiger partial charge in [0.05, 0.1) is 18.7 Å². The maximum absolute atomic E-state index is 12.1. The molecule has 0 radical (unpaired) electrons. The molecule has 0 spiro atoms. The van der Waals surface area contributed by atoms with Crippen LogP contribution < -0.4 is 15.4 Å². The van der Waals surface area contributed by atoms with Crippen LogP contribution in [0.15, 0.2) is 36.4 Å². The second-order valence-corrected chi connectivity index (χ2v) is 5.69. The maximum Gasteiger partial charge on any atom is 0.251 e. The maximum atomic E-state index is 12.1. The van der Waals surface area contributed by atoms with Crippen molar-refractivity contribution in [2.75, 3.05) is 25.6 Å². The van der Waals surface area contributed by atoms with Gasteiger partial charge in [0.25, 0.3) is 5.91 Å². The Morgan fingerprint density at radius 1 is 1.29 bits per heavy atom. The average Bonchev–Trinajstić information content (AvgIpc) is 2.59. The van der Waals surface area contributed by atoms with Crippen LogP contribution in [0.5, 0.6) is 5.75 Å². The normalized spacial score (nSPS) is 10.3. The molecular formula is C18H21ClN2O3. The number of methoxy groups -OCH3 is 1. The summed E-state index contributed by atoms with van der Waals surface area (Å²) in [6.45, 7) is 2.62. The zero-order chi connectivity index (χ0) is 17.5. The highest BCUT2D eigenvalue weighted by atomic mass is 35.5. The van der Waals surface area contributed by atoms with Crippen molar-refractivity contribution in [2.24, 2.45) is 0 Å². The van der Waals surface area contributed by atoms with Crippen LogP contribution in [-0.2, 0) is 6.54 Å². The van der Waals surface area contributed by atoms with Crippen molar-refractivity contribution < 1.29 is 14.6 Å². The molecule has 128 valence electrons. The topological polar surface area (TPSA) is 70.6 Å². The van der Waals surface area contributed by atoms with Gasteiger partial charge in [0.15, 0.2) is 0 Å². The van der Waals surface area contributed by atoms with Crippen LogP contribution in [-0.4, -0.2) is 31.3 Å². The molecule has 0 aliphatic carbocycles. The fraction of sp³-hybridized carbons (Fsp3) is 0.278. The molecule has 0 aromatic heterocycles. The van der Waals surface area contributed by atoms with Gasteiger partial charge in [0.1, 0.15) is 5.75 Å². The molecule has 0 saturated heterocycles. The third-order valence-corrected chi connectivity index (χ3v) is 3.97. The number of aliphatic hydroxyl groups excluding tert-OH is 1. The highest BCUT2D eigenvalue weighted by Crippen LogP contribution is 2.26. The Bertz CT molecular complexity index is 719. The van der Waals surface area contributed by atoms with E-state index < -0.39 is 0 Å². The second-order valence-electron chi connectivity index (χ2n) is 5.28. The highest BCUT2D eigenvalue weighted by molar-refractivity contribution is 6.32. The van der Waals surface area contributed by atoms with Crippen molar-refractivity contribution >= 4 is 23.2 Å². The van der Waals surface area contributed by atoms with Gasteiger partial charge in [-0.05, 0) is 42.3 Å². The van der Waals surface area contributed by atoms with Gasteiger partial charge in [0, 0.05) is 24.3 Å². The predicted octanol–water partition coefficient (Wildman–Crippen LogP) is 2.99. The first-order valence-corrected chi connectivity index (χ1v) is 7.99. The van der Waals surface area contributed by atoms with Crippen LogP contribution >= 0.6 is 11.6 Å². The summed E-state index contributed by atoms with van der Waals surface area (Å²) in [5, 5.41) is 15.3. The first kappa shape index (κ1) is 18.1. The van der Waals surface area contributed by atoms with E-state index in [0.29, 0.717) is 22.9 Å². The summed E-state index contributed by atoms with van der Waals surface area (Å²) in [6.07, 6.45) is 0. The largest absolute Gasteiger partial charge is 0.495 e. The summed E-state index contributed by atoms with van der Waals surface area (Å²) < 4.78 is 5.14. The van der Waals surface area contributed by atoms with Crippen molar-refractivity contribution in [2.45, 2.75) is 13.5 Å². The molecule has 2 aromatic carbocycles. The molecule has 24 heavy (non-hydrogen) atoms. The summed E-state index contributed by atoms with van der Waals surface area (Å²) in [7, 11) is 1.58. The SMILES string of the molecule is COc1ccc(CNc2cccc(C(=O)NCCO)c2C)cc1Cl. The van der Waals surface area contributed by atoms with Gasteiger partial charge in [-0.3, -0.25) is 4.79 Å². The number of hydrogen-bond donors (Lipinski definition) is 3. The van der Waals surface area contributed by atoms with Gasteiger partial charge in [-0.25, -0.2) is 0 Å². The summed E-state index contributed by atoms with van der Waals surface area (Å²) in [5.41, 5.74) is 3.32. The number of halogens is 1. The Morgan fingerprint density at radius 2 is 2.08 bits per heavy atom. The van der Waals surface area contributed by atoms with Gasteiger partial charge < -0.3 is 20.5 Å². The Kier molecular flexibility index (Phi) is 6.46. The van der Waals surface area contributed by atoms with E-state index >= 15 is 0 Å². The predicted molar refractivity (Wildman–Crippen MR) is 95.9 cm³/mol. The number of amides is 1. The number of nitrogens with one attached hydrogen (secondary N) is 2. The molecule has 0 fully saturated rings. The van der Waals surface area contributed by atoms with Gasteiger partial charge >= 0.3 is 0 Å². The van der Waals surface area contributed by atoms with E-state index in [0.717, 1.165) is 16.8 Å². The Hall–Kier alpha value is -2.24. The molecule has 2 rings (SSSR count). The van der Waals surface area contributed by atoms with E-state index in [1.54, 1.807) is 13.2 Å². The van der Waals surface area contributed by atoms with Gasteiger partial charge in [-0.15, -0.1) is 0 Å². The summed E-state index contributed by atoms with van der Waals surface area (Å²) in [4.78, 5) is 12.1. The van der Waals surface area contributed by atoms with Crippen LogP contribution in [0.25, 0.3) is 0 Å². The van der Waals surface area contributed by atoms with Crippen LogP contribution in [0.1, 0.15) is 21.5 Å². The first-order chi connectivity index (χ1) is 11.6. The van der Waals surface area contributed by atoms with E-state index in [9.17, 15) is 4.79 Å². The third kappa shape index (κ3) is 4.40. The van der Waals surface area contributed by atoms with Crippen molar-refractivity contribution in [1.82, 2.24) is 5.32 Å². The van der Waals surface area contributed by atoms with Gasteiger partial charge in [0.2, 0.25) is 0 Å². The third-order valence-electron chi connectivity index (χ3n) is 3.67. The van der Waals surface area contributed by atoms with Crippen LogP contribution in [0, 0.1) is 6.92 Å². The number of anilines is 1. The van der Waals surface area contributed by atoms with Crippen LogP contribution in [0.4, 0.5) is 5.69 Å². The number of carbonyl (C=O) groups is 1. The molecule has 2 aromatic rings. The first-order valence-electron chi connectivity index (χ1n) is 7.61. The number of hydrogen-bond acceptors (Lipinski definition) is 4. The molecule has 0 aliphatic rings. The highest BCUT2D eigenvalue weighted by Gasteiger charge is 2.11. The van der Waals surface area contributed by atoms with Crippen molar-refractivity contribution in [3.05, 3.63) is 58.1 Å². The van der Waals surface area contributed by atoms with Crippen molar-refractivity contribution in [3.63, 3.8) is 0 Å². The van der Waals surface area contributed by atoms with Crippen LogP contribution in [0.2, 0.25) is 5.02 Å². The van der Waals surface area contributed by atoms with E-state index in [-0.39, 0.29) is 19.1 Å². The lowest BCUT2D eigenvalue weighted by atomic mass is 10.1. The monoisotopic (exact) mass is 348 g/mol. The summed E-state index contributed by atoms with van der Waals surface area (Å²) in [5.74, 6) is 0.442. The van der Waals surface area contributed by atoms with Gasteiger partial charge in [-0.1, -0.05) is 23.7 Å². The fourth-order valence-electron chi connectivity index (χ4n) is 2.35. The minimum absolute atomic E-state index is 0.0824. The average molecular weight is 349 g/mol. The molecule has 0 aliphatic heterocycles. The molecule has 6 heteroatoms. The second kappa shape index (κ2) is 8.57. The lowest BCUT2D eigenvalue weighted by Crippen LogP contribution is -2.27. The Labute approximate surface area is 146 Å². The molecule has 3 N–H and O–H groups in total. The minimum Gasteiger partial charge on any atom is -0.495 e. The molecular weight excluding hydrogens is 328 g/mol. The van der Waals surface area contributed by atoms with E-state index in [1.807, 2.05) is 37.3 Å². The van der Waals surface area contributed by atoms with Crippen molar-refractivity contribution in [1.29, 1.82) is 0 Å². The number of carbonyl (C=O) groups excluding carboxylic acids is 1. The lowest BCUT2D eigenvalue weighted by molar-refractivity contribution is 0.0944.